The quantitative estimate of drug-likeness (QED) is 0.905. The van der Waals surface area contributed by atoms with Crippen LogP contribution in [0.3, 0.4) is 0 Å². The van der Waals surface area contributed by atoms with Crippen LogP contribution < -0.4 is 5.32 Å². The van der Waals surface area contributed by atoms with Gasteiger partial charge in [0.05, 0.1) is 11.8 Å². The minimum Gasteiger partial charge on any atom is -0.381 e. The van der Waals surface area contributed by atoms with Gasteiger partial charge in [0.15, 0.2) is 0 Å². The first-order valence-electron chi connectivity index (χ1n) is 6.25. The van der Waals surface area contributed by atoms with E-state index in [1.54, 1.807) is 0 Å². The zero-order valence-corrected chi connectivity index (χ0v) is 12.3. The topological polar surface area (TPSA) is 21.3 Å². The molecule has 0 aromatic heterocycles. The van der Waals surface area contributed by atoms with Gasteiger partial charge in [-0.15, -0.1) is 0 Å². The maximum Gasteiger partial charge on any atom is 0.0614 e. The molecule has 0 spiro atoms. The van der Waals surface area contributed by atoms with E-state index in [4.69, 9.17) is 4.74 Å². The van der Waals surface area contributed by atoms with E-state index in [0.29, 0.717) is 12.1 Å². The predicted octanol–water partition coefficient (Wildman–Crippen LogP) is 4.05. The maximum atomic E-state index is 5.57. The highest BCUT2D eigenvalue weighted by molar-refractivity contribution is 9.10. The molecule has 1 aromatic rings. The van der Waals surface area contributed by atoms with Gasteiger partial charge in [-0.3, -0.25) is 0 Å². The lowest BCUT2D eigenvalue weighted by Crippen LogP contribution is -2.41. The largest absolute Gasteiger partial charge is 0.381 e. The van der Waals surface area contributed by atoms with Crippen molar-refractivity contribution >= 4 is 21.6 Å². The molecule has 0 heterocycles. The fourth-order valence-electron chi connectivity index (χ4n) is 2.36. The molecule has 3 heteroatoms. The van der Waals surface area contributed by atoms with Crippen LogP contribution in [-0.2, 0) is 4.74 Å². The van der Waals surface area contributed by atoms with E-state index in [0.717, 1.165) is 23.9 Å². The van der Waals surface area contributed by atoms with Crippen LogP contribution in [0, 0.1) is 13.8 Å². The maximum absolute atomic E-state index is 5.57. The van der Waals surface area contributed by atoms with Crippen molar-refractivity contribution in [3.8, 4) is 0 Å². The number of anilines is 1. The van der Waals surface area contributed by atoms with E-state index in [2.05, 4.69) is 54.2 Å². The second-order valence-corrected chi connectivity index (χ2v) is 5.68. The summed E-state index contributed by atoms with van der Waals surface area (Å²) in [6, 6.07) is 4.93. The Hall–Kier alpha value is -0.540. The summed E-state index contributed by atoms with van der Waals surface area (Å²) in [5.74, 6) is 0. The van der Waals surface area contributed by atoms with E-state index in [-0.39, 0.29) is 0 Å². The third-order valence-corrected chi connectivity index (χ3v) is 3.90. The predicted molar refractivity (Wildman–Crippen MR) is 75.7 cm³/mol. The van der Waals surface area contributed by atoms with Crippen molar-refractivity contribution in [2.45, 2.75) is 45.8 Å². The van der Waals surface area contributed by atoms with Crippen LogP contribution in [0.5, 0.6) is 0 Å². The summed E-state index contributed by atoms with van der Waals surface area (Å²) in [5, 5.41) is 3.60. The van der Waals surface area contributed by atoms with Gasteiger partial charge < -0.3 is 10.1 Å². The Morgan fingerprint density at radius 3 is 2.65 bits per heavy atom. The van der Waals surface area contributed by atoms with Gasteiger partial charge in [-0.2, -0.15) is 0 Å². The van der Waals surface area contributed by atoms with Crippen LogP contribution in [0.2, 0.25) is 0 Å². The molecule has 0 radical (unpaired) electrons. The minimum atomic E-state index is 0.460. The molecule has 1 aliphatic carbocycles. The van der Waals surface area contributed by atoms with Crippen LogP contribution in [-0.4, -0.2) is 18.8 Å². The summed E-state index contributed by atoms with van der Waals surface area (Å²) in [6.45, 7) is 7.15. The summed E-state index contributed by atoms with van der Waals surface area (Å²) in [7, 11) is 0. The van der Waals surface area contributed by atoms with Crippen molar-refractivity contribution < 1.29 is 4.74 Å². The highest BCUT2D eigenvalue weighted by atomic mass is 79.9. The molecule has 0 unspecified atom stereocenters. The molecule has 1 fully saturated rings. The molecule has 2 nitrogen and oxygen atoms in total. The molecule has 0 bridgehead atoms. The van der Waals surface area contributed by atoms with E-state index < -0.39 is 0 Å². The number of nitrogens with one attached hydrogen (secondary N) is 1. The van der Waals surface area contributed by atoms with Crippen molar-refractivity contribution in [3.63, 3.8) is 0 Å². The van der Waals surface area contributed by atoms with Crippen molar-refractivity contribution in [1.29, 1.82) is 0 Å². The molecule has 0 aliphatic heterocycles. The average molecular weight is 298 g/mol. The minimum absolute atomic E-state index is 0.460. The lowest BCUT2D eigenvalue weighted by atomic mass is 9.88. The molecule has 1 aromatic carbocycles. The Labute approximate surface area is 112 Å². The fourth-order valence-corrected chi connectivity index (χ4v) is 3.15. The normalized spacial score (nSPS) is 23.3. The second kappa shape index (κ2) is 5.40. The second-order valence-electron chi connectivity index (χ2n) is 4.83. The van der Waals surface area contributed by atoms with Crippen LogP contribution >= 0.6 is 15.9 Å². The number of rotatable bonds is 4. The molecule has 0 atom stereocenters. The molecular weight excluding hydrogens is 278 g/mol. The molecule has 1 saturated carbocycles. The smallest absolute Gasteiger partial charge is 0.0614 e. The third-order valence-electron chi connectivity index (χ3n) is 3.28. The van der Waals surface area contributed by atoms with Crippen molar-refractivity contribution in [1.82, 2.24) is 0 Å². The molecule has 0 saturated heterocycles. The number of ether oxygens (including phenoxy) is 1. The molecule has 2 rings (SSSR count). The van der Waals surface area contributed by atoms with Crippen molar-refractivity contribution in [3.05, 3.63) is 27.7 Å². The number of hydrogen-bond donors (Lipinski definition) is 1. The zero-order chi connectivity index (χ0) is 12.4. The van der Waals surface area contributed by atoms with Gasteiger partial charge in [0, 0.05) is 17.1 Å². The number of halogens is 1. The lowest BCUT2D eigenvalue weighted by Gasteiger charge is -2.36. The van der Waals surface area contributed by atoms with E-state index in [1.807, 2.05) is 0 Å². The highest BCUT2D eigenvalue weighted by Crippen LogP contribution is 2.33. The summed E-state index contributed by atoms with van der Waals surface area (Å²) in [4.78, 5) is 0. The fraction of sp³-hybridized carbons (Fsp3) is 0.571. The van der Waals surface area contributed by atoms with Crippen LogP contribution in [0.15, 0.2) is 16.6 Å². The Morgan fingerprint density at radius 1 is 1.35 bits per heavy atom. The average Bonchev–Trinajstić information content (AvgIpc) is 2.18. The van der Waals surface area contributed by atoms with Crippen LogP contribution in [0.25, 0.3) is 0 Å². The summed E-state index contributed by atoms with van der Waals surface area (Å²) >= 11 is 3.63. The lowest BCUT2D eigenvalue weighted by molar-refractivity contribution is 0.00297. The van der Waals surface area contributed by atoms with Crippen LogP contribution in [0.4, 0.5) is 5.69 Å². The van der Waals surface area contributed by atoms with E-state index in [9.17, 15) is 0 Å². The first-order chi connectivity index (χ1) is 8.10. The highest BCUT2D eigenvalue weighted by Gasteiger charge is 2.29. The Bertz CT molecular complexity index is 376. The SMILES string of the molecule is CCOC1CC(Nc2c(C)cc(C)cc2Br)C1. The van der Waals surface area contributed by atoms with Gasteiger partial charge in [-0.25, -0.2) is 0 Å². The summed E-state index contributed by atoms with van der Waals surface area (Å²) in [5.41, 5.74) is 3.83. The standard InChI is InChI=1S/C14H20BrNO/c1-4-17-12-7-11(8-12)16-14-10(3)5-9(2)6-13(14)15/h5-6,11-12,16H,4,7-8H2,1-3H3. The van der Waals surface area contributed by atoms with Gasteiger partial charge in [0.1, 0.15) is 0 Å². The van der Waals surface area contributed by atoms with Crippen LogP contribution in [0.1, 0.15) is 30.9 Å². The van der Waals surface area contributed by atoms with Gasteiger partial charge in [-0.05, 0) is 66.7 Å². The first kappa shape index (κ1) is 12.9. The Balaban J connectivity index is 1.97. The van der Waals surface area contributed by atoms with Crippen molar-refractivity contribution in [2.24, 2.45) is 0 Å². The number of hydrogen-bond acceptors (Lipinski definition) is 2. The Kier molecular flexibility index (Phi) is 4.10. The van der Waals surface area contributed by atoms with Crippen molar-refractivity contribution in [2.75, 3.05) is 11.9 Å². The number of benzene rings is 1. The van der Waals surface area contributed by atoms with Gasteiger partial charge in [0.2, 0.25) is 0 Å². The summed E-state index contributed by atoms with van der Waals surface area (Å²) < 4.78 is 6.74. The molecule has 17 heavy (non-hydrogen) atoms. The molecule has 0 amide bonds. The molecule has 1 aliphatic rings. The third kappa shape index (κ3) is 3.02. The molecular formula is C14H20BrNO. The first-order valence-corrected chi connectivity index (χ1v) is 7.04. The monoisotopic (exact) mass is 297 g/mol. The summed E-state index contributed by atoms with van der Waals surface area (Å²) in [6.07, 6.45) is 2.70. The number of aryl methyl sites for hydroxylation is 2. The van der Waals surface area contributed by atoms with Gasteiger partial charge in [0.25, 0.3) is 0 Å². The Morgan fingerprint density at radius 2 is 2.06 bits per heavy atom. The molecule has 1 N–H and O–H groups in total. The zero-order valence-electron chi connectivity index (χ0n) is 10.7. The molecule has 94 valence electrons. The van der Waals surface area contributed by atoms with Gasteiger partial charge in [-0.1, -0.05) is 6.07 Å². The van der Waals surface area contributed by atoms with E-state index in [1.165, 1.54) is 16.8 Å². The van der Waals surface area contributed by atoms with Gasteiger partial charge >= 0.3 is 0 Å². The van der Waals surface area contributed by atoms with E-state index >= 15 is 0 Å².